The molecule has 0 spiro atoms. The lowest BCUT2D eigenvalue weighted by Gasteiger charge is -2.11. The molecule has 0 amide bonds. The molecule has 9 aromatic rings. The Balaban J connectivity index is 0.000000149. The first-order valence-corrected chi connectivity index (χ1v) is 16.3. The molecule has 0 atom stereocenters. The van der Waals surface area contributed by atoms with E-state index in [0.29, 0.717) is 22.3 Å². The number of nitrogens with one attached hydrogen (secondary N) is 1. The van der Waals surface area contributed by atoms with Gasteiger partial charge in [0.25, 0.3) is 5.69 Å². The minimum Gasteiger partial charge on any atom is -0.354 e. The molecule has 0 aliphatic carbocycles. The number of aromatic amines is 1. The van der Waals surface area contributed by atoms with Crippen LogP contribution in [0.4, 0.5) is 18.9 Å². The quantitative estimate of drug-likeness (QED) is 0.149. The molecule has 0 saturated heterocycles. The number of hydrogen-bond acceptors (Lipinski definition) is 2. The van der Waals surface area contributed by atoms with Gasteiger partial charge in [0.05, 0.1) is 27.1 Å². The fourth-order valence-electron chi connectivity index (χ4n) is 6.73. The number of halogens is 3. The van der Waals surface area contributed by atoms with Crippen molar-refractivity contribution in [2.24, 2.45) is 0 Å². The van der Waals surface area contributed by atoms with Gasteiger partial charge in [-0.05, 0) is 96.9 Å². The molecule has 6 nitrogen and oxygen atoms in total. The van der Waals surface area contributed by atoms with Crippen molar-refractivity contribution in [3.8, 4) is 22.5 Å². The molecule has 3 aromatic heterocycles. The van der Waals surface area contributed by atoms with Gasteiger partial charge < -0.3 is 14.1 Å². The molecular weight excluding hydrogens is 649 g/mol. The lowest BCUT2D eigenvalue weighted by Crippen LogP contribution is -2.05. The fraction of sp³-hybridized carbons (Fsp3) is 0.0476. The van der Waals surface area contributed by atoms with E-state index in [4.69, 9.17) is 0 Å². The van der Waals surface area contributed by atoms with Crippen LogP contribution in [0.1, 0.15) is 11.1 Å². The summed E-state index contributed by atoms with van der Waals surface area (Å²) in [5.74, 6) is 0. The number of aromatic nitrogens is 3. The van der Waals surface area contributed by atoms with E-state index in [9.17, 15) is 23.3 Å². The molecule has 250 valence electrons. The van der Waals surface area contributed by atoms with Crippen molar-refractivity contribution in [3.63, 3.8) is 0 Å². The van der Waals surface area contributed by atoms with Crippen LogP contribution < -0.4 is 0 Å². The number of nitro groups is 1. The van der Waals surface area contributed by atoms with E-state index in [1.165, 1.54) is 56.1 Å². The van der Waals surface area contributed by atoms with Gasteiger partial charge in [0.2, 0.25) is 0 Å². The predicted octanol–water partition coefficient (Wildman–Crippen LogP) is 11.8. The molecule has 1 N–H and O–H groups in total. The number of rotatable bonds is 4. The minimum atomic E-state index is -4.42. The Bertz CT molecular complexity index is 2750. The molecule has 6 aromatic carbocycles. The molecule has 9 heteroatoms. The van der Waals surface area contributed by atoms with Crippen molar-refractivity contribution in [2.75, 3.05) is 0 Å². The summed E-state index contributed by atoms with van der Waals surface area (Å²) >= 11 is 0. The summed E-state index contributed by atoms with van der Waals surface area (Å²) in [4.78, 5) is 14.4. The highest BCUT2D eigenvalue weighted by Gasteiger charge is 2.30. The van der Waals surface area contributed by atoms with Crippen molar-refractivity contribution >= 4 is 49.3 Å². The molecule has 0 aliphatic rings. The van der Waals surface area contributed by atoms with Crippen LogP contribution in [0.2, 0.25) is 0 Å². The van der Waals surface area contributed by atoms with Crippen LogP contribution >= 0.6 is 0 Å². The topological polar surface area (TPSA) is 68.8 Å². The second-order valence-corrected chi connectivity index (χ2v) is 12.4. The van der Waals surface area contributed by atoms with Gasteiger partial charge in [-0.15, -0.1) is 0 Å². The number of benzene rings is 6. The summed E-state index contributed by atoms with van der Waals surface area (Å²) in [7, 11) is 0. The van der Waals surface area contributed by atoms with E-state index in [1.54, 1.807) is 59.3 Å². The normalized spacial score (nSPS) is 11.7. The number of aryl methyl sites for hydroxylation is 1. The van der Waals surface area contributed by atoms with Crippen LogP contribution in [0.15, 0.2) is 152 Å². The monoisotopic (exact) mass is 678 g/mol. The van der Waals surface area contributed by atoms with Gasteiger partial charge in [0.15, 0.2) is 0 Å². The summed E-state index contributed by atoms with van der Waals surface area (Å²) in [6.45, 7) is 2.13. The number of alkyl halides is 3. The van der Waals surface area contributed by atoms with Gasteiger partial charge in [0, 0.05) is 62.4 Å². The Morgan fingerprint density at radius 2 is 1.31 bits per heavy atom. The van der Waals surface area contributed by atoms with E-state index in [0.717, 1.165) is 17.5 Å². The van der Waals surface area contributed by atoms with E-state index in [1.807, 2.05) is 0 Å². The van der Waals surface area contributed by atoms with Crippen molar-refractivity contribution < 1.29 is 18.1 Å². The van der Waals surface area contributed by atoms with Crippen LogP contribution in [0.5, 0.6) is 0 Å². The predicted molar refractivity (Wildman–Crippen MR) is 198 cm³/mol. The lowest BCUT2D eigenvalue weighted by atomic mass is 10.0. The SMILES string of the molecule is Cc1cccc(-n2ccc3cc4c(cc32)[nH]c2ccccc24)c1.O=[N+]([O-])c1ccccc1-c1ccc2c(ccn2-c2cccc(C(F)(F)F)c2)c1. The highest BCUT2D eigenvalue weighted by molar-refractivity contribution is 6.11. The zero-order chi connectivity index (χ0) is 35.3. The van der Waals surface area contributed by atoms with Crippen molar-refractivity contribution in [1.29, 1.82) is 0 Å². The Hall–Kier alpha value is -6.61. The second-order valence-electron chi connectivity index (χ2n) is 12.4. The lowest BCUT2D eigenvalue weighted by molar-refractivity contribution is -0.384. The summed E-state index contributed by atoms with van der Waals surface area (Å²) in [5.41, 5.74) is 7.62. The van der Waals surface area contributed by atoms with Gasteiger partial charge in [-0.1, -0.05) is 54.6 Å². The first-order chi connectivity index (χ1) is 24.6. The largest absolute Gasteiger partial charge is 0.416 e. The standard InChI is InChI=1S/C21H13F3N2O2.C21H16N2/c22-21(23,24)16-4-3-5-17(13-16)25-11-10-15-12-14(8-9-19(15)25)18-6-1-2-7-20(18)26(27)28;1-14-5-4-6-16(11-14)23-10-9-15-12-18-17-7-2-3-8-19(17)22-20(18)13-21(15)23/h1-13H;2-13,22H,1H3. The van der Waals surface area contributed by atoms with Gasteiger partial charge in [-0.2, -0.15) is 13.2 Å². The second kappa shape index (κ2) is 12.4. The third kappa shape index (κ3) is 5.88. The molecule has 9 rings (SSSR count). The first kappa shape index (κ1) is 31.6. The summed E-state index contributed by atoms with van der Waals surface area (Å²) in [6.07, 6.45) is -0.581. The maximum absolute atomic E-state index is 13.0. The van der Waals surface area contributed by atoms with Gasteiger partial charge >= 0.3 is 6.18 Å². The fourth-order valence-corrected chi connectivity index (χ4v) is 6.73. The number of fused-ring (bicyclic) bond motifs is 5. The maximum atomic E-state index is 13.0. The van der Waals surface area contributed by atoms with E-state index < -0.39 is 16.7 Å². The smallest absolute Gasteiger partial charge is 0.354 e. The molecule has 0 unspecified atom stereocenters. The maximum Gasteiger partial charge on any atom is 0.416 e. The Morgan fingerprint density at radius 3 is 2.08 bits per heavy atom. The molecule has 0 fully saturated rings. The molecule has 0 radical (unpaired) electrons. The summed E-state index contributed by atoms with van der Waals surface area (Å²) in [5, 5.41) is 15.9. The molecule has 0 bridgehead atoms. The molecule has 0 saturated carbocycles. The van der Waals surface area contributed by atoms with Crippen LogP contribution in [0, 0.1) is 17.0 Å². The first-order valence-electron chi connectivity index (χ1n) is 16.3. The average molecular weight is 679 g/mol. The highest BCUT2D eigenvalue weighted by atomic mass is 19.4. The van der Waals surface area contributed by atoms with E-state index >= 15 is 0 Å². The van der Waals surface area contributed by atoms with Crippen LogP contribution in [-0.4, -0.2) is 19.0 Å². The van der Waals surface area contributed by atoms with Crippen molar-refractivity contribution in [1.82, 2.24) is 14.1 Å². The van der Waals surface area contributed by atoms with Crippen LogP contribution in [0.25, 0.3) is 66.1 Å². The summed E-state index contributed by atoms with van der Waals surface area (Å²) < 4.78 is 42.9. The van der Waals surface area contributed by atoms with Crippen molar-refractivity contribution in [3.05, 3.63) is 173 Å². The molecule has 51 heavy (non-hydrogen) atoms. The molecular formula is C42H29F3N4O2. The van der Waals surface area contributed by atoms with Gasteiger partial charge in [-0.3, -0.25) is 10.1 Å². The summed E-state index contributed by atoms with van der Waals surface area (Å²) in [6, 6.07) is 42.4. The Morgan fingerprint density at radius 1 is 0.627 bits per heavy atom. The number of nitrogens with zero attached hydrogens (tertiary/aromatic N) is 3. The third-order valence-corrected chi connectivity index (χ3v) is 9.15. The van der Waals surface area contributed by atoms with Crippen LogP contribution in [0.3, 0.4) is 0 Å². The van der Waals surface area contributed by atoms with E-state index in [2.05, 4.69) is 89.4 Å². The minimum absolute atomic E-state index is 0.000777. The van der Waals surface area contributed by atoms with E-state index in [-0.39, 0.29) is 5.69 Å². The number of nitro benzene ring substituents is 1. The average Bonchev–Trinajstić information content (AvgIpc) is 3.85. The zero-order valence-corrected chi connectivity index (χ0v) is 27.2. The molecule has 0 aliphatic heterocycles. The van der Waals surface area contributed by atoms with Gasteiger partial charge in [-0.25, -0.2) is 0 Å². The third-order valence-electron chi connectivity index (χ3n) is 9.15. The Labute approximate surface area is 289 Å². The van der Waals surface area contributed by atoms with Crippen LogP contribution in [-0.2, 0) is 6.18 Å². The number of hydrogen-bond donors (Lipinski definition) is 1. The zero-order valence-electron chi connectivity index (χ0n) is 27.2. The molecule has 3 heterocycles. The Kier molecular flexibility index (Phi) is 7.68. The highest BCUT2D eigenvalue weighted by Crippen LogP contribution is 2.35. The number of H-pyrrole nitrogens is 1. The van der Waals surface area contributed by atoms with Gasteiger partial charge in [0.1, 0.15) is 0 Å². The van der Waals surface area contributed by atoms with Crippen molar-refractivity contribution in [2.45, 2.75) is 13.1 Å². The number of para-hydroxylation sites is 2.